The van der Waals surface area contributed by atoms with Crippen LogP contribution in [-0.4, -0.2) is 48.9 Å². The second-order valence-electron chi connectivity index (χ2n) is 4.83. The van der Waals surface area contributed by atoms with Gasteiger partial charge in [0.15, 0.2) is 0 Å². The third-order valence-electron chi connectivity index (χ3n) is 3.53. The van der Waals surface area contributed by atoms with Gasteiger partial charge in [-0.15, -0.1) is 0 Å². The normalized spacial score (nSPS) is 23.2. The molecule has 1 atom stereocenters. The van der Waals surface area contributed by atoms with E-state index in [4.69, 9.17) is 0 Å². The van der Waals surface area contributed by atoms with Gasteiger partial charge in [-0.25, -0.2) is 14.3 Å². The highest BCUT2D eigenvalue weighted by Gasteiger charge is 2.44. The molecule has 104 valence electrons. The predicted octanol–water partition coefficient (Wildman–Crippen LogP) is 0.676. The number of anilines is 1. The number of hydrogen-bond acceptors (Lipinski definition) is 4. The molecule has 19 heavy (non-hydrogen) atoms. The summed E-state index contributed by atoms with van der Waals surface area (Å²) in [5.74, 6) is -0.691. The summed E-state index contributed by atoms with van der Waals surface area (Å²) >= 11 is 0. The summed E-state index contributed by atoms with van der Waals surface area (Å²) in [5.41, 5.74) is -1.17. The number of aromatic nitrogens is 3. The third-order valence-corrected chi connectivity index (χ3v) is 3.53. The first-order valence-electron chi connectivity index (χ1n) is 6.11. The zero-order chi connectivity index (χ0) is 14.0. The average Bonchev–Trinajstić information content (AvgIpc) is 2.75. The summed E-state index contributed by atoms with van der Waals surface area (Å²) < 4.78 is 1.42. The minimum Gasteiger partial charge on any atom is -0.480 e. The van der Waals surface area contributed by atoms with E-state index in [0.717, 1.165) is 12.8 Å². The fourth-order valence-electron chi connectivity index (χ4n) is 2.24. The average molecular weight is 267 g/mol. The summed E-state index contributed by atoms with van der Waals surface area (Å²) in [6.45, 7) is 2.00. The van der Waals surface area contributed by atoms with Crippen molar-refractivity contribution in [3.8, 4) is 0 Å². The lowest BCUT2D eigenvalue weighted by molar-refractivity contribution is -0.150. The van der Waals surface area contributed by atoms with E-state index in [2.05, 4.69) is 15.4 Å². The molecule has 2 N–H and O–H groups in total. The Morgan fingerprint density at radius 2 is 2.21 bits per heavy atom. The van der Waals surface area contributed by atoms with Crippen LogP contribution in [-0.2, 0) is 11.8 Å². The van der Waals surface area contributed by atoms with Crippen LogP contribution in [0.4, 0.5) is 10.7 Å². The molecule has 2 heterocycles. The fourth-order valence-corrected chi connectivity index (χ4v) is 2.24. The summed E-state index contributed by atoms with van der Waals surface area (Å²) in [4.78, 5) is 28.9. The SMILES string of the molecule is Cn1ncnc1NC(=O)N1CCCCC1(C)C(=O)O. The van der Waals surface area contributed by atoms with Gasteiger partial charge in [-0.2, -0.15) is 10.1 Å². The Labute approximate surface area is 110 Å². The van der Waals surface area contributed by atoms with Gasteiger partial charge in [-0.3, -0.25) is 5.32 Å². The van der Waals surface area contributed by atoms with E-state index in [1.807, 2.05) is 0 Å². The number of rotatable bonds is 2. The number of aryl methyl sites for hydroxylation is 1. The summed E-state index contributed by atoms with van der Waals surface area (Å²) in [6, 6.07) is -0.458. The highest BCUT2D eigenvalue weighted by Crippen LogP contribution is 2.28. The minimum atomic E-state index is -1.17. The van der Waals surface area contributed by atoms with Gasteiger partial charge >= 0.3 is 12.0 Å². The number of urea groups is 1. The predicted molar refractivity (Wildman–Crippen MR) is 66.6 cm³/mol. The van der Waals surface area contributed by atoms with Gasteiger partial charge in [0.05, 0.1) is 0 Å². The maximum absolute atomic E-state index is 12.2. The van der Waals surface area contributed by atoms with E-state index < -0.39 is 17.5 Å². The maximum Gasteiger partial charge on any atom is 0.329 e. The van der Waals surface area contributed by atoms with Gasteiger partial charge in [0.2, 0.25) is 5.95 Å². The van der Waals surface area contributed by atoms with Crippen molar-refractivity contribution in [3.63, 3.8) is 0 Å². The van der Waals surface area contributed by atoms with Crippen LogP contribution in [0.2, 0.25) is 0 Å². The molecule has 1 aliphatic rings. The molecule has 1 unspecified atom stereocenters. The van der Waals surface area contributed by atoms with E-state index >= 15 is 0 Å². The summed E-state index contributed by atoms with van der Waals surface area (Å²) in [5, 5.41) is 15.8. The highest BCUT2D eigenvalue weighted by atomic mass is 16.4. The number of piperidine rings is 1. The number of carbonyl (C=O) groups excluding carboxylic acids is 1. The fraction of sp³-hybridized carbons (Fsp3) is 0.636. The third kappa shape index (κ3) is 2.38. The molecule has 8 nitrogen and oxygen atoms in total. The molecule has 2 rings (SSSR count). The molecule has 1 saturated heterocycles. The molecule has 1 aromatic heterocycles. The first kappa shape index (κ1) is 13.3. The standard InChI is InChI=1S/C11H17N5O3/c1-11(8(17)18)5-3-4-6-16(11)10(19)14-9-12-7-13-15(9)2/h7H,3-6H2,1-2H3,(H,17,18)(H,12,13,14,19). The first-order valence-corrected chi connectivity index (χ1v) is 6.11. The maximum atomic E-state index is 12.2. The molecule has 0 radical (unpaired) electrons. The van der Waals surface area contributed by atoms with E-state index in [1.165, 1.54) is 15.9 Å². The Kier molecular flexibility index (Phi) is 3.41. The molecule has 1 aliphatic heterocycles. The Morgan fingerprint density at radius 3 is 2.79 bits per heavy atom. The largest absolute Gasteiger partial charge is 0.480 e. The number of nitrogens with zero attached hydrogens (tertiary/aromatic N) is 4. The molecule has 2 amide bonds. The van der Waals surface area contributed by atoms with Crippen LogP contribution in [0.3, 0.4) is 0 Å². The van der Waals surface area contributed by atoms with Crippen LogP contribution < -0.4 is 5.32 Å². The Bertz CT molecular complexity index is 500. The van der Waals surface area contributed by atoms with Gasteiger partial charge in [0.1, 0.15) is 11.9 Å². The van der Waals surface area contributed by atoms with Gasteiger partial charge in [0.25, 0.3) is 0 Å². The topological polar surface area (TPSA) is 100 Å². The molecule has 0 aromatic carbocycles. The minimum absolute atomic E-state index is 0.295. The van der Waals surface area contributed by atoms with Crippen LogP contribution in [0.15, 0.2) is 6.33 Å². The number of nitrogens with one attached hydrogen (secondary N) is 1. The van der Waals surface area contributed by atoms with Crippen LogP contribution in [0.5, 0.6) is 0 Å². The molecule has 0 bridgehead atoms. The van der Waals surface area contributed by atoms with E-state index in [0.29, 0.717) is 18.9 Å². The zero-order valence-electron chi connectivity index (χ0n) is 11.0. The van der Waals surface area contributed by atoms with Crippen LogP contribution >= 0.6 is 0 Å². The van der Waals surface area contributed by atoms with E-state index in [-0.39, 0.29) is 0 Å². The number of aliphatic carboxylic acids is 1. The summed E-state index contributed by atoms with van der Waals surface area (Å²) in [7, 11) is 1.65. The number of carboxylic acid groups (broad SMARTS) is 1. The van der Waals surface area contributed by atoms with Gasteiger partial charge < -0.3 is 10.0 Å². The van der Waals surface area contributed by atoms with Crippen LogP contribution in [0, 0.1) is 0 Å². The second-order valence-corrected chi connectivity index (χ2v) is 4.83. The van der Waals surface area contributed by atoms with Crippen molar-refractivity contribution >= 4 is 17.9 Å². The van der Waals surface area contributed by atoms with Crippen molar-refractivity contribution in [2.75, 3.05) is 11.9 Å². The molecule has 0 spiro atoms. The molecule has 0 saturated carbocycles. The van der Waals surface area contributed by atoms with Crippen molar-refractivity contribution in [1.29, 1.82) is 0 Å². The zero-order valence-corrected chi connectivity index (χ0v) is 11.0. The molecular weight excluding hydrogens is 250 g/mol. The van der Waals surface area contributed by atoms with Crippen molar-refractivity contribution in [1.82, 2.24) is 19.7 Å². The molecule has 0 aliphatic carbocycles. The number of carboxylic acids is 1. The van der Waals surface area contributed by atoms with Crippen molar-refractivity contribution < 1.29 is 14.7 Å². The molecule has 1 fully saturated rings. The van der Waals surface area contributed by atoms with Gasteiger partial charge in [0, 0.05) is 13.6 Å². The molecule has 1 aromatic rings. The lowest BCUT2D eigenvalue weighted by atomic mass is 9.89. The summed E-state index contributed by atoms with van der Waals surface area (Å²) in [6.07, 6.45) is 3.38. The number of hydrogen-bond donors (Lipinski definition) is 2. The number of carbonyl (C=O) groups is 2. The smallest absolute Gasteiger partial charge is 0.329 e. The monoisotopic (exact) mass is 267 g/mol. The Morgan fingerprint density at radius 1 is 1.47 bits per heavy atom. The van der Waals surface area contributed by atoms with Crippen molar-refractivity contribution in [2.24, 2.45) is 7.05 Å². The van der Waals surface area contributed by atoms with E-state index in [1.54, 1.807) is 14.0 Å². The molecular formula is C11H17N5O3. The van der Waals surface area contributed by atoms with E-state index in [9.17, 15) is 14.7 Å². The molecule has 8 heteroatoms. The van der Waals surface area contributed by atoms with Crippen molar-refractivity contribution in [2.45, 2.75) is 31.7 Å². The quantitative estimate of drug-likeness (QED) is 0.820. The highest BCUT2D eigenvalue weighted by molar-refractivity contribution is 5.92. The lowest BCUT2D eigenvalue weighted by Crippen LogP contribution is -2.58. The number of likely N-dealkylation sites (tertiary alicyclic amines) is 1. The van der Waals surface area contributed by atoms with Gasteiger partial charge in [-0.1, -0.05) is 0 Å². The second kappa shape index (κ2) is 4.87. The Hall–Kier alpha value is -2.12. The van der Waals surface area contributed by atoms with Crippen molar-refractivity contribution in [3.05, 3.63) is 6.33 Å². The first-order chi connectivity index (χ1) is 8.95. The Balaban J connectivity index is 2.17. The van der Waals surface area contributed by atoms with Gasteiger partial charge in [-0.05, 0) is 26.2 Å². The van der Waals surface area contributed by atoms with Crippen LogP contribution in [0.25, 0.3) is 0 Å². The lowest BCUT2D eigenvalue weighted by Gasteiger charge is -2.41. The van der Waals surface area contributed by atoms with Crippen LogP contribution in [0.1, 0.15) is 26.2 Å². The number of amides is 2.